The van der Waals surface area contributed by atoms with Gasteiger partial charge in [0.25, 0.3) is 15.9 Å². The Balaban J connectivity index is 1.15. The van der Waals surface area contributed by atoms with Gasteiger partial charge >= 0.3 is 0 Å². The van der Waals surface area contributed by atoms with E-state index in [4.69, 9.17) is 16.4 Å². The van der Waals surface area contributed by atoms with Crippen LogP contribution < -0.4 is 14.6 Å². The second kappa shape index (κ2) is 15.0. The Hall–Kier alpha value is -3.71. The second-order valence-corrected chi connectivity index (χ2v) is 13.2. The third-order valence-corrected chi connectivity index (χ3v) is 9.83. The van der Waals surface area contributed by atoms with Gasteiger partial charge in [-0.15, -0.1) is 0 Å². The van der Waals surface area contributed by atoms with Gasteiger partial charge in [-0.3, -0.25) is 14.5 Å². The van der Waals surface area contributed by atoms with Crippen LogP contribution >= 0.6 is 11.6 Å². The van der Waals surface area contributed by atoms with Crippen LogP contribution in [0.15, 0.2) is 77.7 Å². The lowest BCUT2D eigenvalue weighted by Crippen LogP contribution is -2.51. The topological polar surface area (TPSA) is 102 Å². The normalized spacial score (nSPS) is 16.0. The number of halogens is 2. The fourth-order valence-electron chi connectivity index (χ4n) is 5.42. The highest BCUT2D eigenvalue weighted by Crippen LogP contribution is 2.31. The molecule has 5 rings (SSSR count). The van der Waals surface area contributed by atoms with Crippen LogP contribution in [0.1, 0.15) is 29.6 Å². The van der Waals surface area contributed by atoms with Crippen molar-refractivity contribution in [2.24, 2.45) is 0 Å². The molecule has 2 heterocycles. The minimum Gasteiger partial charge on any atom is -0.363 e. The molecule has 0 saturated carbocycles. The van der Waals surface area contributed by atoms with E-state index < -0.39 is 21.7 Å². The third kappa shape index (κ3) is 8.51. The van der Waals surface area contributed by atoms with Crippen LogP contribution in [0.5, 0.6) is 5.75 Å². The molecule has 0 radical (unpaired) electrons. The average molecular weight is 658 g/mol. The molecule has 13 heteroatoms. The Bertz CT molecular complexity index is 1560. The van der Waals surface area contributed by atoms with Gasteiger partial charge in [-0.2, -0.15) is 8.42 Å². The lowest BCUT2D eigenvalue weighted by molar-refractivity contribution is -0.131. The molecule has 0 atom stereocenters. The molecule has 2 aliphatic rings. The van der Waals surface area contributed by atoms with Gasteiger partial charge in [0.2, 0.25) is 5.91 Å². The average Bonchev–Trinajstić information content (AvgIpc) is 3.57. The molecule has 3 aromatic carbocycles. The van der Waals surface area contributed by atoms with Crippen molar-refractivity contribution in [1.29, 1.82) is 0 Å². The van der Waals surface area contributed by atoms with Crippen molar-refractivity contribution in [3.63, 3.8) is 0 Å². The predicted octanol–water partition coefficient (Wildman–Crippen LogP) is 4.03. The van der Waals surface area contributed by atoms with E-state index in [0.29, 0.717) is 17.6 Å². The lowest BCUT2D eigenvalue weighted by Gasteiger charge is -2.35. The number of nitrogens with zero attached hydrogens (tertiary/aromatic N) is 4. The molecule has 240 valence electrons. The summed E-state index contributed by atoms with van der Waals surface area (Å²) in [5.74, 6) is -1.32. The standard InChI is InChI=1S/C32H37ClFN5O5S/c33-29-23-26(34)11-14-30(29)44-39(27-7-2-1-3-8-27)45(42,43)28-12-9-25(10-13-28)32(41)35-24-31(40)38-21-19-37(20-22-38)18-6-17-36-15-4-5-16-36/h1-3,7-14,23H,4-6,15-22,24H2,(H,35,41). The van der Waals surface area contributed by atoms with E-state index in [1.165, 1.54) is 68.4 Å². The van der Waals surface area contributed by atoms with Crippen LogP contribution in [0.4, 0.5) is 10.1 Å². The molecule has 10 nitrogen and oxygen atoms in total. The number of nitrogens with one attached hydrogen (secondary N) is 1. The minimum atomic E-state index is -4.32. The van der Waals surface area contributed by atoms with Crippen molar-refractivity contribution in [2.45, 2.75) is 24.2 Å². The zero-order valence-corrected chi connectivity index (χ0v) is 26.5. The quantitative estimate of drug-likeness (QED) is 0.294. The minimum absolute atomic E-state index is 0.0647. The van der Waals surface area contributed by atoms with Crippen LogP contribution in [0.3, 0.4) is 0 Å². The van der Waals surface area contributed by atoms with E-state index in [1.807, 2.05) is 0 Å². The molecule has 2 fully saturated rings. The summed E-state index contributed by atoms with van der Waals surface area (Å²) >= 11 is 6.10. The maximum Gasteiger partial charge on any atom is 0.295 e. The second-order valence-electron chi connectivity index (χ2n) is 11.1. The maximum absolute atomic E-state index is 13.7. The van der Waals surface area contributed by atoms with E-state index in [9.17, 15) is 22.4 Å². The Morgan fingerprint density at radius 2 is 1.51 bits per heavy atom. The highest BCUT2D eigenvalue weighted by Gasteiger charge is 2.29. The summed E-state index contributed by atoms with van der Waals surface area (Å²) < 4.78 is 41.6. The van der Waals surface area contributed by atoms with E-state index in [0.717, 1.165) is 44.7 Å². The Morgan fingerprint density at radius 1 is 0.867 bits per heavy atom. The molecule has 0 spiro atoms. The van der Waals surface area contributed by atoms with Crippen LogP contribution in [0.25, 0.3) is 0 Å². The highest BCUT2D eigenvalue weighted by molar-refractivity contribution is 7.92. The number of likely N-dealkylation sites (tertiary alicyclic amines) is 1. The fourth-order valence-corrected chi connectivity index (χ4v) is 6.87. The number of hydrogen-bond acceptors (Lipinski definition) is 7. The van der Waals surface area contributed by atoms with Gasteiger partial charge in [0.05, 0.1) is 22.2 Å². The molecular formula is C32H37ClFN5O5S. The van der Waals surface area contributed by atoms with Crippen molar-refractivity contribution < 1.29 is 27.2 Å². The van der Waals surface area contributed by atoms with Gasteiger partial charge < -0.3 is 20.0 Å². The summed E-state index contributed by atoms with van der Waals surface area (Å²) in [5.41, 5.74) is 0.375. The number of carbonyl (C=O) groups excluding carboxylic acids is 2. The van der Waals surface area contributed by atoms with Crippen molar-refractivity contribution in [1.82, 2.24) is 20.0 Å². The van der Waals surface area contributed by atoms with Crippen molar-refractivity contribution in [3.05, 3.63) is 89.2 Å². The van der Waals surface area contributed by atoms with Gasteiger partial charge in [-0.1, -0.05) is 34.3 Å². The Kier molecular flexibility index (Phi) is 10.9. The van der Waals surface area contributed by atoms with E-state index >= 15 is 0 Å². The number of benzene rings is 3. The summed E-state index contributed by atoms with van der Waals surface area (Å²) in [4.78, 5) is 37.8. The summed E-state index contributed by atoms with van der Waals surface area (Å²) in [6.45, 7) is 7.27. The van der Waals surface area contributed by atoms with Crippen molar-refractivity contribution >= 4 is 39.1 Å². The predicted molar refractivity (Wildman–Crippen MR) is 170 cm³/mol. The number of anilines is 1. The lowest BCUT2D eigenvalue weighted by atomic mass is 10.2. The molecule has 2 saturated heterocycles. The molecule has 2 amide bonds. The van der Waals surface area contributed by atoms with Crippen LogP contribution in [0.2, 0.25) is 5.02 Å². The van der Waals surface area contributed by atoms with Crippen LogP contribution in [-0.2, 0) is 14.8 Å². The molecule has 0 unspecified atom stereocenters. The number of sulfonamides is 1. The summed E-state index contributed by atoms with van der Waals surface area (Å²) in [7, 11) is -4.32. The van der Waals surface area contributed by atoms with Gasteiger partial charge in [-0.05, 0) is 100 Å². The Morgan fingerprint density at radius 3 is 2.16 bits per heavy atom. The molecular weight excluding hydrogens is 621 g/mol. The molecule has 0 aromatic heterocycles. The zero-order valence-electron chi connectivity index (χ0n) is 24.9. The summed E-state index contributed by atoms with van der Waals surface area (Å²) in [5, 5.41) is 2.54. The molecule has 3 aromatic rings. The van der Waals surface area contributed by atoms with Crippen LogP contribution in [-0.4, -0.2) is 93.8 Å². The number of carbonyl (C=O) groups is 2. The van der Waals surface area contributed by atoms with Gasteiger partial charge in [-0.25, -0.2) is 4.39 Å². The number of hydrogen-bond donors (Lipinski definition) is 1. The van der Waals surface area contributed by atoms with E-state index in [2.05, 4.69) is 15.1 Å². The van der Waals surface area contributed by atoms with E-state index in [1.54, 1.807) is 23.1 Å². The number of rotatable bonds is 12. The molecule has 45 heavy (non-hydrogen) atoms. The smallest absolute Gasteiger partial charge is 0.295 e. The first kappa shape index (κ1) is 32.7. The molecule has 0 bridgehead atoms. The Labute approximate surface area is 268 Å². The molecule has 0 aliphatic carbocycles. The first-order valence-electron chi connectivity index (χ1n) is 15.0. The molecule has 2 aliphatic heterocycles. The van der Waals surface area contributed by atoms with Crippen LogP contribution in [0, 0.1) is 5.82 Å². The number of amides is 2. The molecule has 1 N–H and O–H groups in total. The fraction of sp³-hybridized carbons (Fsp3) is 0.375. The summed E-state index contributed by atoms with van der Waals surface area (Å²) in [6, 6.07) is 16.7. The van der Waals surface area contributed by atoms with Gasteiger partial charge in [0.15, 0.2) is 5.75 Å². The largest absolute Gasteiger partial charge is 0.363 e. The first-order valence-corrected chi connectivity index (χ1v) is 16.9. The third-order valence-electron chi connectivity index (χ3n) is 7.95. The maximum atomic E-state index is 13.7. The first-order chi connectivity index (χ1) is 21.7. The van der Waals surface area contributed by atoms with Crippen molar-refractivity contribution in [3.8, 4) is 5.75 Å². The van der Waals surface area contributed by atoms with Gasteiger partial charge in [0.1, 0.15) is 5.82 Å². The monoisotopic (exact) mass is 657 g/mol. The van der Waals surface area contributed by atoms with E-state index in [-0.39, 0.29) is 39.4 Å². The number of para-hydroxylation sites is 1. The number of piperazine rings is 1. The zero-order chi connectivity index (χ0) is 31.8. The highest BCUT2D eigenvalue weighted by atomic mass is 35.5. The SMILES string of the molecule is O=C(NCC(=O)N1CCN(CCCN2CCCC2)CC1)c1ccc(S(=O)(=O)N(Oc2ccc(F)cc2Cl)c2ccccc2)cc1. The summed E-state index contributed by atoms with van der Waals surface area (Å²) in [6.07, 6.45) is 3.72. The van der Waals surface area contributed by atoms with Crippen molar-refractivity contribution in [2.75, 3.05) is 63.4 Å². The van der Waals surface area contributed by atoms with Gasteiger partial charge in [0, 0.05) is 31.7 Å².